The maximum atomic E-state index is 12.4. The first-order valence-electron chi connectivity index (χ1n) is 33.8. The second-order valence-electron chi connectivity index (χ2n) is 22.5. The Morgan fingerprint density at radius 1 is 0.308 bits per heavy atom. The first-order chi connectivity index (χ1) is 38.6. The minimum Gasteiger partial charge on any atom is -0.462 e. The van der Waals surface area contributed by atoms with E-state index >= 15 is 0 Å². The minimum absolute atomic E-state index is 0.0632. The molecular weight excluding hydrogens is 957 g/mol. The number of carbonyl (C=O) groups excluding carboxylic acids is 2. The highest BCUT2D eigenvalue weighted by Crippen LogP contribution is 2.18. The Kier molecular flexibility index (Phi) is 65.3. The molecule has 0 aromatic heterocycles. The van der Waals surface area contributed by atoms with Crippen LogP contribution >= 0.6 is 0 Å². The third kappa shape index (κ3) is 65.3. The second kappa shape index (κ2) is 68.1. The van der Waals surface area contributed by atoms with Gasteiger partial charge in [0.25, 0.3) is 0 Å². The number of hydrogen-bond acceptors (Lipinski definition) is 5. The molecule has 78 heavy (non-hydrogen) atoms. The van der Waals surface area contributed by atoms with Gasteiger partial charge in [-0.05, 0) is 77.0 Å². The highest BCUT2D eigenvalue weighted by Gasteiger charge is 2.16. The van der Waals surface area contributed by atoms with Crippen LogP contribution in [0.4, 0.5) is 0 Å². The lowest BCUT2D eigenvalue weighted by Gasteiger charge is -2.15. The smallest absolute Gasteiger partial charge is 0.306 e. The van der Waals surface area contributed by atoms with Gasteiger partial charge in [-0.3, -0.25) is 9.59 Å². The average molecular weight is 1090 g/mol. The molecule has 0 aliphatic rings. The molecule has 1 unspecified atom stereocenters. The third-order valence-corrected chi connectivity index (χ3v) is 14.9. The fraction of sp³-hybridized carbons (Fsp3) is 0.753. The molecule has 1 N–H and O–H groups in total. The lowest BCUT2D eigenvalue weighted by Crippen LogP contribution is -2.28. The van der Waals surface area contributed by atoms with Crippen LogP contribution < -0.4 is 0 Å². The van der Waals surface area contributed by atoms with Gasteiger partial charge in [0.1, 0.15) is 6.61 Å². The molecule has 0 heterocycles. The Morgan fingerprint density at radius 2 is 0.551 bits per heavy atom. The van der Waals surface area contributed by atoms with E-state index in [1.807, 2.05) is 0 Å². The summed E-state index contributed by atoms with van der Waals surface area (Å²) in [7, 11) is 0. The maximum Gasteiger partial charge on any atom is 0.306 e. The Morgan fingerprint density at radius 3 is 0.833 bits per heavy atom. The lowest BCUT2D eigenvalue weighted by atomic mass is 10.0. The Hall–Kier alpha value is -3.18. The summed E-state index contributed by atoms with van der Waals surface area (Å²) in [5, 5.41) is 9.69. The van der Waals surface area contributed by atoms with Crippen LogP contribution in [0.25, 0.3) is 0 Å². The fourth-order valence-electron chi connectivity index (χ4n) is 9.87. The second-order valence-corrected chi connectivity index (χ2v) is 22.5. The molecule has 0 aromatic carbocycles. The Balaban J connectivity index is 3.46. The number of esters is 2. The van der Waals surface area contributed by atoms with E-state index in [1.165, 1.54) is 218 Å². The van der Waals surface area contributed by atoms with Crippen molar-refractivity contribution in [2.45, 2.75) is 341 Å². The summed E-state index contributed by atoms with van der Waals surface area (Å²) >= 11 is 0. The van der Waals surface area contributed by atoms with Gasteiger partial charge in [0.2, 0.25) is 0 Å². The molecule has 0 bridgehead atoms. The molecule has 0 aliphatic carbocycles. The van der Waals surface area contributed by atoms with Gasteiger partial charge in [0.15, 0.2) is 6.10 Å². The van der Waals surface area contributed by atoms with Crippen LogP contribution in [-0.2, 0) is 19.1 Å². The van der Waals surface area contributed by atoms with Gasteiger partial charge in [-0.1, -0.05) is 342 Å². The number of hydrogen-bond donors (Lipinski definition) is 1. The molecule has 0 aliphatic heterocycles. The Bertz CT molecular complexity index is 1460. The van der Waals surface area contributed by atoms with Crippen molar-refractivity contribution in [3.05, 3.63) is 97.2 Å². The van der Waals surface area contributed by atoms with Crippen molar-refractivity contribution in [2.75, 3.05) is 13.2 Å². The van der Waals surface area contributed by atoms with Crippen LogP contribution in [0.15, 0.2) is 97.2 Å². The maximum absolute atomic E-state index is 12.4. The van der Waals surface area contributed by atoms with Gasteiger partial charge >= 0.3 is 11.9 Å². The third-order valence-electron chi connectivity index (χ3n) is 14.9. The van der Waals surface area contributed by atoms with E-state index in [-0.39, 0.29) is 25.2 Å². The molecule has 0 saturated carbocycles. The molecule has 0 spiro atoms. The molecule has 0 rings (SSSR count). The zero-order chi connectivity index (χ0) is 56.2. The van der Waals surface area contributed by atoms with E-state index in [0.717, 1.165) is 89.9 Å². The van der Waals surface area contributed by atoms with Crippen molar-refractivity contribution in [1.29, 1.82) is 0 Å². The molecule has 5 heteroatoms. The van der Waals surface area contributed by atoms with Gasteiger partial charge in [0, 0.05) is 12.8 Å². The van der Waals surface area contributed by atoms with Gasteiger partial charge in [-0.2, -0.15) is 0 Å². The number of carbonyl (C=O) groups is 2. The summed E-state index contributed by atoms with van der Waals surface area (Å²) in [4.78, 5) is 24.6. The van der Waals surface area contributed by atoms with Crippen LogP contribution in [0.1, 0.15) is 335 Å². The van der Waals surface area contributed by atoms with E-state index in [1.54, 1.807) is 0 Å². The van der Waals surface area contributed by atoms with Gasteiger partial charge in [-0.15, -0.1) is 0 Å². The van der Waals surface area contributed by atoms with E-state index in [4.69, 9.17) is 9.47 Å². The van der Waals surface area contributed by atoms with E-state index in [9.17, 15) is 14.7 Å². The molecule has 450 valence electrons. The number of aliphatic hydroxyl groups excluding tert-OH is 1. The molecule has 1 atom stereocenters. The van der Waals surface area contributed by atoms with Crippen LogP contribution in [0.5, 0.6) is 0 Å². The lowest BCUT2D eigenvalue weighted by molar-refractivity contribution is -0.161. The SMILES string of the molecule is CC/C=C\C/C=C\C/C=C\C/C=C\C/C=C\C/C=C\C/C=C\C/C=C\CCCCCCCCCCCCCCCCCCC(=O)OC(CO)COC(=O)CCCCCCCCCCCCCCCCCCCCCCCCC. The van der Waals surface area contributed by atoms with E-state index in [0.29, 0.717) is 12.8 Å². The van der Waals surface area contributed by atoms with Crippen molar-refractivity contribution in [1.82, 2.24) is 0 Å². The molecule has 0 saturated heterocycles. The topological polar surface area (TPSA) is 72.8 Å². The predicted molar refractivity (Wildman–Crippen MR) is 343 cm³/mol. The molecule has 0 aromatic rings. The summed E-state index contributed by atoms with van der Waals surface area (Å²) in [6.07, 6.45) is 97.1. The number of aliphatic hydroxyl groups is 1. The van der Waals surface area contributed by atoms with Crippen LogP contribution in [0, 0.1) is 0 Å². The summed E-state index contributed by atoms with van der Waals surface area (Å²) in [5.41, 5.74) is 0. The zero-order valence-corrected chi connectivity index (χ0v) is 51.7. The summed E-state index contributed by atoms with van der Waals surface area (Å²) < 4.78 is 10.8. The van der Waals surface area contributed by atoms with Crippen molar-refractivity contribution >= 4 is 11.9 Å². The van der Waals surface area contributed by atoms with Gasteiger partial charge < -0.3 is 14.6 Å². The van der Waals surface area contributed by atoms with Gasteiger partial charge in [-0.25, -0.2) is 0 Å². The molecule has 5 nitrogen and oxygen atoms in total. The summed E-state index contributed by atoms with van der Waals surface area (Å²) in [5.74, 6) is -0.575. The van der Waals surface area contributed by atoms with Crippen LogP contribution in [0.3, 0.4) is 0 Å². The zero-order valence-electron chi connectivity index (χ0n) is 51.7. The largest absolute Gasteiger partial charge is 0.462 e. The molecular formula is C73H128O5. The average Bonchev–Trinajstić information content (AvgIpc) is 3.44. The minimum atomic E-state index is -0.774. The molecule has 0 radical (unpaired) electrons. The monoisotopic (exact) mass is 1080 g/mol. The normalized spacial score (nSPS) is 12.8. The summed E-state index contributed by atoms with van der Waals surface area (Å²) in [6.45, 7) is 4.07. The number of ether oxygens (including phenoxy) is 2. The quantitative estimate of drug-likeness (QED) is 0.0373. The first-order valence-corrected chi connectivity index (χ1v) is 33.8. The fourth-order valence-corrected chi connectivity index (χ4v) is 9.87. The summed E-state index contributed by atoms with van der Waals surface area (Å²) in [6, 6.07) is 0. The number of rotatable bonds is 62. The Labute approximate surface area is 485 Å². The van der Waals surface area contributed by atoms with Crippen molar-refractivity contribution in [2.24, 2.45) is 0 Å². The van der Waals surface area contributed by atoms with Crippen molar-refractivity contribution < 1.29 is 24.2 Å². The molecule has 0 amide bonds. The first kappa shape index (κ1) is 74.8. The van der Waals surface area contributed by atoms with Gasteiger partial charge in [0.05, 0.1) is 6.61 Å². The highest BCUT2D eigenvalue weighted by molar-refractivity contribution is 5.70. The molecule has 0 fully saturated rings. The highest BCUT2D eigenvalue weighted by atomic mass is 16.6. The predicted octanol–water partition coefficient (Wildman–Crippen LogP) is 23.4. The number of allylic oxidation sites excluding steroid dienone is 16. The standard InChI is InChI=1S/C73H128O5/c1-3-5-7-9-11-13-15-17-19-21-23-25-27-28-29-30-31-32-33-34-35-36-37-38-39-40-41-42-43-44-46-48-50-52-54-56-58-60-62-64-66-68-73(76)78-71(69-74)70-77-72(75)67-65-63-61-59-57-55-53-51-49-47-45-26-24-22-20-18-16-14-12-10-8-6-4-2/h5,7,11,13,17,19,23,25,28-29,31-32,34-35,37-38,71,74H,3-4,6,8-10,12,14-16,18,20-22,24,26-27,30,33,36,39-70H2,1-2H3/b7-5-,13-11-,19-17-,25-23-,29-28-,32-31-,35-34-,38-37-. The van der Waals surface area contributed by atoms with E-state index in [2.05, 4.69) is 111 Å². The van der Waals surface area contributed by atoms with Crippen LogP contribution in [0.2, 0.25) is 0 Å². The van der Waals surface area contributed by atoms with Crippen molar-refractivity contribution in [3.8, 4) is 0 Å². The van der Waals surface area contributed by atoms with Crippen LogP contribution in [-0.4, -0.2) is 36.4 Å². The van der Waals surface area contributed by atoms with Crippen molar-refractivity contribution in [3.63, 3.8) is 0 Å². The van der Waals surface area contributed by atoms with E-state index < -0.39 is 6.10 Å². The number of unbranched alkanes of at least 4 members (excludes halogenated alkanes) is 38.